The van der Waals surface area contributed by atoms with Gasteiger partial charge in [0.05, 0.1) is 35.4 Å². The third kappa shape index (κ3) is 5.20. The van der Waals surface area contributed by atoms with Crippen LogP contribution in [0.2, 0.25) is 0 Å². The molecule has 5 heterocycles. The van der Waals surface area contributed by atoms with Crippen molar-refractivity contribution < 1.29 is 23.0 Å². The number of fused-ring (bicyclic) bond motifs is 3. The van der Waals surface area contributed by atoms with E-state index in [2.05, 4.69) is 26.6 Å². The number of hydrogen-bond acceptors (Lipinski definition) is 9. The van der Waals surface area contributed by atoms with Gasteiger partial charge in [0.2, 0.25) is 0 Å². The zero-order valence-corrected chi connectivity index (χ0v) is 24.5. The van der Waals surface area contributed by atoms with Crippen LogP contribution in [0, 0.1) is 17.1 Å². The summed E-state index contributed by atoms with van der Waals surface area (Å²) in [6, 6.07) is 1.14. The Morgan fingerprint density at radius 2 is 1.95 bits per heavy atom. The molecule has 2 aromatic rings. The summed E-state index contributed by atoms with van der Waals surface area (Å²) in [5.41, 5.74) is 1.55. The molecule has 1 amide bonds. The number of rotatable bonds is 2. The van der Waals surface area contributed by atoms with Crippen LogP contribution in [-0.4, -0.2) is 59.9 Å². The van der Waals surface area contributed by atoms with Gasteiger partial charge < -0.3 is 19.7 Å². The summed E-state index contributed by atoms with van der Waals surface area (Å²) in [4.78, 5) is 23.6. The standard InChI is InChI=1S/C27H26F2N6O3S.C2H6/c1-27(2,3)38-26(36)34-24-13(8-30)19-22(31-10-17(28)23(19)39-24)18-16-12-37-11-15(16)14-9-32-25(33-21(14)20(18)29)35-6-4-5-7-35;1-2/h9-10,21H,4-7,11-12H2,1-3H3,(H,32,33)(H,34,36);1-2H3. The van der Waals surface area contributed by atoms with Crippen LogP contribution in [0.4, 0.5) is 18.6 Å². The quantitative estimate of drug-likeness (QED) is 0.446. The molecular formula is C29H32F2N6O3S. The maximum atomic E-state index is 16.5. The number of halogens is 2. The minimum Gasteiger partial charge on any atom is -0.444 e. The summed E-state index contributed by atoms with van der Waals surface area (Å²) < 4.78 is 42.7. The predicted molar refractivity (Wildman–Crippen MR) is 155 cm³/mol. The number of guanidine groups is 1. The molecule has 0 spiro atoms. The summed E-state index contributed by atoms with van der Waals surface area (Å²) in [5.74, 6) is -0.619. The lowest BCUT2D eigenvalue weighted by atomic mass is 9.82. The fourth-order valence-corrected chi connectivity index (χ4v) is 6.33. The normalized spacial score (nSPS) is 20.0. The van der Waals surface area contributed by atoms with Gasteiger partial charge in [-0.3, -0.25) is 10.3 Å². The third-order valence-corrected chi connectivity index (χ3v) is 8.04. The molecule has 12 heteroatoms. The second-order valence-electron chi connectivity index (χ2n) is 10.7. The number of thiophene rings is 1. The van der Waals surface area contributed by atoms with E-state index in [1.807, 2.05) is 13.8 Å². The molecule has 1 saturated heterocycles. The Morgan fingerprint density at radius 3 is 2.63 bits per heavy atom. The molecule has 1 aliphatic carbocycles. The number of amides is 1. The van der Waals surface area contributed by atoms with Crippen molar-refractivity contribution in [1.82, 2.24) is 15.2 Å². The second-order valence-corrected chi connectivity index (χ2v) is 11.7. The molecule has 1 atom stereocenters. The minimum atomic E-state index is -0.914. The number of hydrogen-bond donors (Lipinski definition) is 2. The maximum Gasteiger partial charge on any atom is 0.412 e. The van der Waals surface area contributed by atoms with Crippen LogP contribution in [0.15, 0.2) is 39.9 Å². The monoisotopic (exact) mass is 582 g/mol. The van der Waals surface area contributed by atoms with E-state index in [0.29, 0.717) is 17.1 Å². The van der Waals surface area contributed by atoms with E-state index >= 15 is 8.78 Å². The van der Waals surface area contributed by atoms with E-state index in [1.54, 1.807) is 27.0 Å². The highest BCUT2D eigenvalue weighted by Gasteiger charge is 2.40. The lowest BCUT2D eigenvalue weighted by Crippen LogP contribution is -2.42. The highest BCUT2D eigenvalue weighted by Crippen LogP contribution is 2.48. The Kier molecular flexibility index (Phi) is 7.85. The number of carbonyl (C=O) groups excluding carboxylic acids is 1. The average molecular weight is 583 g/mol. The second kappa shape index (κ2) is 11.2. The SMILES string of the molecule is CC.CC(C)(C)OC(=O)Nc1sc2c(F)cnc(C3=C(F)C4N=C(N5CCCC5)NC=C4C4=C3COC4)c2c1C#N. The largest absolute Gasteiger partial charge is 0.444 e. The van der Waals surface area contributed by atoms with Crippen LogP contribution in [0.1, 0.15) is 58.7 Å². The fourth-order valence-electron chi connectivity index (χ4n) is 5.29. The number of nitrogens with zero attached hydrogens (tertiary/aromatic N) is 4. The van der Waals surface area contributed by atoms with Crippen LogP contribution in [0.5, 0.6) is 0 Å². The highest BCUT2D eigenvalue weighted by atomic mass is 32.1. The molecule has 6 rings (SSSR count). The van der Waals surface area contributed by atoms with Crippen molar-refractivity contribution >= 4 is 44.0 Å². The molecule has 41 heavy (non-hydrogen) atoms. The first-order chi connectivity index (χ1) is 19.7. The molecule has 0 radical (unpaired) electrons. The van der Waals surface area contributed by atoms with Gasteiger partial charge in [0, 0.05) is 35.8 Å². The number of aliphatic imine (C=N–C) groups is 1. The molecule has 0 aromatic carbocycles. The number of ether oxygens (including phenoxy) is 2. The lowest BCUT2D eigenvalue weighted by molar-refractivity contribution is 0.0636. The molecule has 1 fully saturated rings. The Bertz CT molecular complexity index is 1570. The first-order valence-electron chi connectivity index (χ1n) is 13.7. The molecule has 216 valence electrons. The van der Waals surface area contributed by atoms with Gasteiger partial charge in [-0.2, -0.15) is 5.26 Å². The van der Waals surface area contributed by atoms with Crippen LogP contribution >= 0.6 is 11.3 Å². The summed E-state index contributed by atoms with van der Waals surface area (Å²) in [7, 11) is 0. The Labute approximate surface area is 241 Å². The van der Waals surface area contributed by atoms with E-state index in [0.717, 1.165) is 49.0 Å². The zero-order valence-electron chi connectivity index (χ0n) is 23.7. The van der Waals surface area contributed by atoms with Crippen LogP contribution < -0.4 is 10.6 Å². The van der Waals surface area contributed by atoms with Gasteiger partial charge in [0.15, 0.2) is 11.8 Å². The summed E-state index contributed by atoms with van der Waals surface area (Å²) >= 11 is 0.877. The van der Waals surface area contributed by atoms with Crippen LogP contribution in [0.25, 0.3) is 15.7 Å². The van der Waals surface area contributed by atoms with Crippen molar-refractivity contribution in [2.45, 2.75) is 59.1 Å². The summed E-state index contributed by atoms with van der Waals surface area (Å²) in [5, 5.41) is 16.1. The average Bonchev–Trinajstić information content (AvgIpc) is 3.70. The third-order valence-electron chi connectivity index (χ3n) is 6.93. The van der Waals surface area contributed by atoms with E-state index in [9.17, 15) is 10.1 Å². The van der Waals surface area contributed by atoms with Crippen molar-refractivity contribution in [2.75, 3.05) is 31.6 Å². The molecular weight excluding hydrogens is 550 g/mol. The van der Waals surface area contributed by atoms with Crippen molar-refractivity contribution in [1.29, 1.82) is 5.26 Å². The molecule has 9 nitrogen and oxygen atoms in total. The molecule has 0 bridgehead atoms. The lowest BCUT2D eigenvalue weighted by Gasteiger charge is -2.31. The van der Waals surface area contributed by atoms with Gasteiger partial charge >= 0.3 is 6.09 Å². The van der Waals surface area contributed by atoms with Crippen LogP contribution in [-0.2, 0) is 9.47 Å². The zero-order chi connectivity index (χ0) is 29.5. The van der Waals surface area contributed by atoms with Crippen molar-refractivity contribution in [3.05, 3.63) is 52.0 Å². The Morgan fingerprint density at radius 1 is 1.24 bits per heavy atom. The van der Waals surface area contributed by atoms with Gasteiger partial charge in [0.1, 0.15) is 28.5 Å². The molecule has 2 N–H and O–H groups in total. The molecule has 1 unspecified atom stereocenters. The van der Waals surface area contributed by atoms with E-state index in [4.69, 9.17) is 14.5 Å². The van der Waals surface area contributed by atoms with E-state index < -0.39 is 29.4 Å². The molecule has 4 aliphatic rings. The summed E-state index contributed by atoms with van der Waals surface area (Å²) in [6.45, 7) is 11.2. The highest BCUT2D eigenvalue weighted by molar-refractivity contribution is 7.23. The minimum absolute atomic E-state index is 0.0165. The molecule has 0 saturated carbocycles. The number of carbonyl (C=O) groups is 1. The predicted octanol–water partition coefficient (Wildman–Crippen LogP) is 6.01. The van der Waals surface area contributed by atoms with Gasteiger partial charge in [-0.25, -0.2) is 18.6 Å². The summed E-state index contributed by atoms with van der Waals surface area (Å²) in [6.07, 6.45) is 4.09. The Hall–Kier alpha value is -3.82. The van der Waals surface area contributed by atoms with Crippen LogP contribution in [0.3, 0.4) is 0 Å². The number of nitrogens with one attached hydrogen (secondary N) is 2. The van der Waals surface area contributed by atoms with Gasteiger partial charge in [-0.1, -0.05) is 13.8 Å². The maximum absolute atomic E-state index is 16.5. The van der Waals surface area contributed by atoms with Crippen molar-refractivity contribution in [2.24, 2.45) is 4.99 Å². The first-order valence-corrected chi connectivity index (χ1v) is 14.5. The topological polar surface area (TPSA) is 112 Å². The van der Waals surface area contributed by atoms with Crippen molar-refractivity contribution in [3.8, 4) is 6.07 Å². The Balaban J connectivity index is 0.00000165. The number of aromatic nitrogens is 1. The van der Waals surface area contributed by atoms with Gasteiger partial charge in [-0.05, 0) is 44.8 Å². The van der Waals surface area contributed by atoms with E-state index in [-0.39, 0.29) is 45.1 Å². The van der Waals surface area contributed by atoms with Crippen molar-refractivity contribution in [3.63, 3.8) is 0 Å². The number of anilines is 1. The van der Waals surface area contributed by atoms with E-state index in [1.165, 1.54) is 0 Å². The molecule has 3 aliphatic heterocycles. The van der Waals surface area contributed by atoms with Gasteiger partial charge in [0.25, 0.3) is 0 Å². The number of pyridine rings is 1. The first kappa shape index (κ1) is 28.7. The number of nitriles is 1. The molecule has 2 aromatic heterocycles. The smallest absolute Gasteiger partial charge is 0.412 e. The number of likely N-dealkylation sites (tertiary alicyclic amines) is 1. The van der Waals surface area contributed by atoms with Gasteiger partial charge in [-0.15, -0.1) is 11.3 Å². The fraction of sp³-hybridized carbons (Fsp3) is 0.448.